The molecule has 0 bridgehead atoms. The minimum atomic E-state index is -0.673. The van der Waals surface area contributed by atoms with Crippen molar-refractivity contribution in [2.24, 2.45) is 0 Å². The van der Waals surface area contributed by atoms with Gasteiger partial charge < -0.3 is 4.74 Å². The van der Waals surface area contributed by atoms with Crippen LogP contribution in [0.5, 0.6) is 0 Å². The van der Waals surface area contributed by atoms with Gasteiger partial charge >= 0.3 is 5.97 Å². The van der Waals surface area contributed by atoms with Crippen LogP contribution in [-0.4, -0.2) is 24.4 Å². The Morgan fingerprint density at radius 1 is 1.00 bits per heavy atom. The molecule has 24 heavy (non-hydrogen) atoms. The van der Waals surface area contributed by atoms with Gasteiger partial charge in [-0.15, -0.1) is 0 Å². The van der Waals surface area contributed by atoms with Gasteiger partial charge in [-0.1, -0.05) is 60.7 Å². The van der Waals surface area contributed by atoms with Crippen LogP contribution in [0.15, 0.2) is 60.7 Å². The van der Waals surface area contributed by atoms with Crippen molar-refractivity contribution in [1.82, 2.24) is 5.32 Å². The molecule has 0 aromatic heterocycles. The van der Waals surface area contributed by atoms with E-state index >= 15 is 0 Å². The highest BCUT2D eigenvalue weighted by Crippen LogP contribution is 2.15. The summed E-state index contributed by atoms with van der Waals surface area (Å²) >= 11 is 0. The number of nitrogens with one attached hydrogen (secondary N) is 1. The number of carbonyl (C=O) groups excluding carboxylic acids is 2. The minimum Gasteiger partial charge on any atom is -0.465 e. The number of hydrogen-bond donors (Lipinski definition) is 1. The van der Waals surface area contributed by atoms with E-state index < -0.39 is 12.0 Å². The molecule has 0 heterocycles. The first kappa shape index (κ1) is 17.9. The third kappa shape index (κ3) is 5.03. The number of esters is 1. The zero-order valence-corrected chi connectivity index (χ0v) is 14.1. The second kappa shape index (κ2) is 8.99. The average Bonchev–Trinajstić information content (AvgIpc) is 2.62. The summed E-state index contributed by atoms with van der Waals surface area (Å²) in [5, 5.41) is 3.22. The Balaban J connectivity index is 2.10. The molecule has 2 rings (SSSR count). The van der Waals surface area contributed by atoms with Gasteiger partial charge in [0.1, 0.15) is 6.04 Å². The first-order chi connectivity index (χ1) is 11.6. The molecule has 0 saturated carbocycles. The number of carbonyl (C=O) groups is 2. The zero-order valence-electron chi connectivity index (χ0n) is 14.1. The summed E-state index contributed by atoms with van der Waals surface area (Å²) in [6.45, 7) is 4.01. The van der Waals surface area contributed by atoms with E-state index in [1.54, 1.807) is 19.1 Å². The van der Waals surface area contributed by atoms with E-state index in [0.29, 0.717) is 5.56 Å². The van der Waals surface area contributed by atoms with E-state index in [4.69, 9.17) is 4.74 Å². The lowest BCUT2D eigenvalue weighted by atomic mass is 10.0. The van der Waals surface area contributed by atoms with Crippen LogP contribution in [0.3, 0.4) is 0 Å². The summed E-state index contributed by atoms with van der Waals surface area (Å²) in [5.41, 5.74) is 1.65. The van der Waals surface area contributed by atoms with Gasteiger partial charge in [0.05, 0.1) is 6.61 Å². The van der Waals surface area contributed by atoms with Gasteiger partial charge in [0.15, 0.2) is 5.78 Å². The van der Waals surface area contributed by atoms with Crippen molar-refractivity contribution in [3.05, 3.63) is 71.8 Å². The van der Waals surface area contributed by atoms with E-state index in [9.17, 15) is 9.59 Å². The largest absolute Gasteiger partial charge is 0.465 e. The fourth-order valence-electron chi connectivity index (χ4n) is 2.52. The van der Waals surface area contributed by atoms with Crippen LogP contribution >= 0.6 is 0 Å². The predicted molar refractivity (Wildman–Crippen MR) is 93.8 cm³/mol. The van der Waals surface area contributed by atoms with Crippen LogP contribution in [0.4, 0.5) is 0 Å². The Labute approximate surface area is 142 Å². The van der Waals surface area contributed by atoms with Crippen molar-refractivity contribution in [2.45, 2.75) is 32.4 Å². The van der Waals surface area contributed by atoms with Crippen molar-refractivity contribution in [3.8, 4) is 0 Å². The molecule has 1 N–H and O–H groups in total. The predicted octanol–water partition coefficient (Wildman–Crippen LogP) is 3.54. The van der Waals surface area contributed by atoms with Crippen LogP contribution in [-0.2, 0) is 9.53 Å². The number of ether oxygens (including phenoxy) is 1. The zero-order chi connectivity index (χ0) is 17.4. The lowest BCUT2D eigenvalue weighted by molar-refractivity contribution is -0.145. The average molecular weight is 325 g/mol. The highest BCUT2D eigenvalue weighted by molar-refractivity contribution is 5.98. The van der Waals surface area contributed by atoms with Crippen molar-refractivity contribution in [2.75, 3.05) is 6.61 Å². The molecule has 1 unspecified atom stereocenters. The Bertz CT molecular complexity index is 655. The van der Waals surface area contributed by atoms with Crippen LogP contribution in [0.2, 0.25) is 0 Å². The van der Waals surface area contributed by atoms with Gasteiger partial charge in [-0.3, -0.25) is 14.9 Å². The minimum absolute atomic E-state index is 0.0656. The molecule has 0 aliphatic rings. The molecule has 0 fully saturated rings. The molecule has 2 aromatic rings. The van der Waals surface area contributed by atoms with Gasteiger partial charge in [-0.25, -0.2) is 0 Å². The Kier molecular flexibility index (Phi) is 6.70. The van der Waals surface area contributed by atoms with Crippen LogP contribution in [0, 0.1) is 0 Å². The SMILES string of the molecule is CCOC(=O)C(CC(=O)c1ccccc1)N[C@H](C)c1ccccc1. The van der Waals surface area contributed by atoms with Crippen molar-refractivity contribution >= 4 is 11.8 Å². The summed E-state index contributed by atoms with van der Waals surface area (Å²) in [6, 6.07) is 18.1. The first-order valence-electron chi connectivity index (χ1n) is 8.17. The fourth-order valence-corrected chi connectivity index (χ4v) is 2.52. The third-order valence-electron chi connectivity index (χ3n) is 3.81. The van der Waals surface area contributed by atoms with Gasteiger partial charge in [0, 0.05) is 18.0 Å². The highest BCUT2D eigenvalue weighted by atomic mass is 16.5. The first-order valence-corrected chi connectivity index (χ1v) is 8.17. The number of benzene rings is 2. The van der Waals surface area contributed by atoms with E-state index in [0.717, 1.165) is 5.56 Å². The summed E-state index contributed by atoms with van der Waals surface area (Å²) in [4.78, 5) is 24.7. The van der Waals surface area contributed by atoms with E-state index in [-0.39, 0.29) is 24.9 Å². The molecule has 126 valence electrons. The topological polar surface area (TPSA) is 55.4 Å². The molecule has 2 atom stereocenters. The molecular formula is C20H23NO3. The van der Waals surface area contributed by atoms with E-state index in [1.165, 1.54) is 0 Å². The molecule has 0 saturated heterocycles. The molecule has 0 aliphatic carbocycles. The van der Waals surface area contributed by atoms with Crippen molar-refractivity contribution in [3.63, 3.8) is 0 Å². The van der Waals surface area contributed by atoms with Crippen molar-refractivity contribution < 1.29 is 14.3 Å². The number of rotatable bonds is 8. The molecule has 0 radical (unpaired) electrons. The number of ketones is 1. The summed E-state index contributed by atoms with van der Waals surface area (Å²) in [5.74, 6) is -0.481. The van der Waals surface area contributed by atoms with Crippen molar-refractivity contribution in [1.29, 1.82) is 0 Å². The number of hydrogen-bond acceptors (Lipinski definition) is 4. The maximum absolute atomic E-state index is 12.4. The molecule has 0 amide bonds. The fraction of sp³-hybridized carbons (Fsp3) is 0.300. The second-order valence-electron chi connectivity index (χ2n) is 5.60. The Morgan fingerprint density at radius 2 is 1.58 bits per heavy atom. The maximum Gasteiger partial charge on any atom is 0.323 e. The van der Waals surface area contributed by atoms with Gasteiger partial charge in [0.2, 0.25) is 0 Å². The molecule has 0 spiro atoms. The van der Waals surface area contributed by atoms with Gasteiger partial charge in [-0.05, 0) is 19.4 Å². The molecule has 2 aromatic carbocycles. The monoisotopic (exact) mass is 325 g/mol. The van der Waals surface area contributed by atoms with E-state index in [2.05, 4.69) is 5.32 Å². The smallest absolute Gasteiger partial charge is 0.323 e. The van der Waals surface area contributed by atoms with Gasteiger partial charge in [-0.2, -0.15) is 0 Å². The highest BCUT2D eigenvalue weighted by Gasteiger charge is 2.25. The molecular weight excluding hydrogens is 302 g/mol. The van der Waals surface area contributed by atoms with Crippen LogP contribution in [0.25, 0.3) is 0 Å². The quantitative estimate of drug-likeness (QED) is 0.596. The molecule has 0 aliphatic heterocycles. The van der Waals surface area contributed by atoms with Crippen LogP contribution in [0.1, 0.15) is 42.2 Å². The second-order valence-corrected chi connectivity index (χ2v) is 5.60. The standard InChI is InChI=1S/C20H23NO3/c1-3-24-20(23)18(14-19(22)17-12-8-5-9-13-17)21-15(2)16-10-6-4-7-11-16/h4-13,15,18,21H,3,14H2,1-2H3/t15-,18?/m1/s1. The van der Waals surface area contributed by atoms with Crippen LogP contribution < -0.4 is 5.32 Å². The molecule has 4 heteroatoms. The Hall–Kier alpha value is -2.46. The van der Waals surface area contributed by atoms with Gasteiger partial charge in [0.25, 0.3) is 0 Å². The lowest BCUT2D eigenvalue weighted by Gasteiger charge is -2.22. The maximum atomic E-state index is 12.4. The Morgan fingerprint density at radius 3 is 2.17 bits per heavy atom. The number of Topliss-reactive ketones (excluding diaryl/α,β-unsaturated/α-hetero) is 1. The third-order valence-corrected chi connectivity index (χ3v) is 3.81. The normalized spacial score (nSPS) is 13.1. The summed E-state index contributed by atoms with van der Waals surface area (Å²) in [7, 11) is 0. The summed E-state index contributed by atoms with van der Waals surface area (Å²) < 4.78 is 5.12. The van der Waals surface area contributed by atoms with E-state index in [1.807, 2.05) is 55.5 Å². The lowest BCUT2D eigenvalue weighted by Crippen LogP contribution is -2.41. The molecule has 4 nitrogen and oxygen atoms in total. The summed E-state index contributed by atoms with van der Waals surface area (Å²) in [6.07, 6.45) is 0.0695.